The van der Waals surface area contributed by atoms with E-state index in [1.165, 1.54) is 0 Å². The largest absolute Gasteiger partial charge is 0.494 e. The molecule has 0 aliphatic heterocycles. The minimum Gasteiger partial charge on any atom is -0.494 e. The van der Waals surface area contributed by atoms with Gasteiger partial charge in [-0.15, -0.1) is 0 Å². The van der Waals surface area contributed by atoms with Gasteiger partial charge in [0.1, 0.15) is 9.84 Å². The lowest BCUT2D eigenvalue weighted by Crippen LogP contribution is -2.33. The van der Waals surface area contributed by atoms with Crippen molar-refractivity contribution >= 4 is 9.84 Å². The number of hydrogen-bond donors (Lipinski definition) is 2. The van der Waals surface area contributed by atoms with Crippen LogP contribution < -0.4 is 11.2 Å². The Morgan fingerprint density at radius 1 is 1.35 bits per heavy atom. The second-order valence-electron chi connectivity index (χ2n) is 3.70. The Balaban J connectivity index is 3.25. The molecule has 7 nitrogen and oxygen atoms in total. The first-order chi connectivity index (χ1) is 7.76. The van der Waals surface area contributed by atoms with Crippen LogP contribution in [0.1, 0.15) is 12.5 Å². The highest BCUT2D eigenvalue weighted by molar-refractivity contribution is 7.90. The van der Waals surface area contributed by atoms with Crippen LogP contribution in [0.2, 0.25) is 0 Å². The van der Waals surface area contributed by atoms with Crippen LogP contribution in [-0.2, 0) is 22.8 Å². The van der Waals surface area contributed by atoms with Crippen molar-refractivity contribution in [1.82, 2.24) is 9.55 Å². The number of nitrogens with one attached hydrogen (secondary N) is 1. The van der Waals surface area contributed by atoms with E-state index in [-0.39, 0.29) is 24.3 Å². The summed E-state index contributed by atoms with van der Waals surface area (Å²) in [5.74, 6) is -0.750. The SMILES string of the molecule is CCc1c(O)n(CCS(C)(=O)=O)c(=O)[nH]c1=O. The summed E-state index contributed by atoms with van der Waals surface area (Å²) in [6.45, 7) is 1.46. The summed E-state index contributed by atoms with van der Waals surface area (Å²) in [5, 5.41) is 9.70. The van der Waals surface area contributed by atoms with Gasteiger partial charge in [-0.2, -0.15) is 0 Å². The lowest BCUT2D eigenvalue weighted by Gasteiger charge is -2.09. The Hall–Kier alpha value is -1.57. The zero-order valence-corrected chi connectivity index (χ0v) is 10.4. The fraction of sp³-hybridized carbons (Fsp3) is 0.556. The molecule has 0 aliphatic carbocycles. The molecule has 1 aromatic rings. The van der Waals surface area contributed by atoms with E-state index in [4.69, 9.17) is 0 Å². The molecule has 2 N–H and O–H groups in total. The standard InChI is InChI=1S/C9H14N2O5S/c1-3-6-7(12)10-9(14)11(8(6)13)4-5-17(2,15)16/h13H,3-5H2,1-2H3,(H,10,12,14). The van der Waals surface area contributed by atoms with Gasteiger partial charge in [0.15, 0.2) is 0 Å². The molecule has 0 spiro atoms. The molecule has 0 aliphatic rings. The quantitative estimate of drug-likeness (QED) is 0.712. The molecule has 96 valence electrons. The maximum atomic E-state index is 11.4. The van der Waals surface area contributed by atoms with E-state index in [1.807, 2.05) is 4.98 Å². The molecule has 1 aromatic heterocycles. The minimum absolute atomic E-state index is 0.0677. The van der Waals surface area contributed by atoms with Crippen LogP contribution >= 0.6 is 0 Å². The fourth-order valence-electron chi connectivity index (χ4n) is 1.38. The van der Waals surface area contributed by atoms with Crippen LogP contribution in [-0.4, -0.2) is 35.1 Å². The number of aromatic amines is 1. The van der Waals surface area contributed by atoms with Crippen LogP contribution in [0, 0.1) is 0 Å². The van der Waals surface area contributed by atoms with Gasteiger partial charge in [-0.05, 0) is 6.42 Å². The van der Waals surface area contributed by atoms with Crippen LogP contribution in [0.15, 0.2) is 9.59 Å². The molecule has 0 radical (unpaired) electrons. The summed E-state index contributed by atoms with van der Waals surface area (Å²) in [6.07, 6.45) is 1.28. The van der Waals surface area contributed by atoms with Gasteiger partial charge in [0.25, 0.3) is 5.56 Å². The van der Waals surface area contributed by atoms with Crippen molar-refractivity contribution in [3.05, 3.63) is 26.4 Å². The minimum atomic E-state index is -3.25. The molecule has 0 unspecified atom stereocenters. The zero-order chi connectivity index (χ0) is 13.2. The molecule has 1 rings (SSSR count). The molecule has 17 heavy (non-hydrogen) atoms. The number of nitrogens with zero attached hydrogens (tertiary/aromatic N) is 1. The van der Waals surface area contributed by atoms with Crippen LogP contribution in [0.4, 0.5) is 0 Å². The Morgan fingerprint density at radius 3 is 2.41 bits per heavy atom. The summed E-state index contributed by atoms with van der Waals surface area (Å²) in [7, 11) is -3.25. The predicted molar refractivity (Wildman–Crippen MR) is 62.1 cm³/mol. The Labute approximate surface area is 97.6 Å². The maximum Gasteiger partial charge on any atom is 0.331 e. The summed E-state index contributed by atoms with van der Waals surface area (Å²) in [4.78, 5) is 24.7. The van der Waals surface area contributed by atoms with Gasteiger partial charge in [-0.3, -0.25) is 14.3 Å². The van der Waals surface area contributed by atoms with Gasteiger partial charge in [0, 0.05) is 12.8 Å². The molecular formula is C9H14N2O5S. The zero-order valence-electron chi connectivity index (χ0n) is 9.56. The summed E-state index contributed by atoms with van der Waals surface area (Å²) in [6, 6.07) is 0. The topological polar surface area (TPSA) is 109 Å². The monoisotopic (exact) mass is 262 g/mol. The molecule has 0 saturated carbocycles. The van der Waals surface area contributed by atoms with Gasteiger partial charge in [-0.1, -0.05) is 6.92 Å². The Kier molecular flexibility index (Phi) is 3.76. The van der Waals surface area contributed by atoms with Gasteiger partial charge in [0.05, 0.1) is 11.3 Å². The highest BCUT2D eigenvalue weighted by Gasteiger charge is 2.13. The molecule has 0 amide bonds. The predicted octanol–water partition coefficient (Wildman–Crippen LogP) is -1.15. The molecule has 8 heteroatoms. The Morgan fingerprint density at radius 2 is 1.94 bits per heavy atom. The normalized spacial score (nSPS) is 11.6. The van der Waals surface area contributed by atoms with Crippen LogP contribution in [0.25, 0.3) is 0 Å². The maximum absolute atomic E-state index is 11.4. The molecule has 0 saturated heterocycles. The summed E-state index contributed by atoms with van der Waals surface area (Å²) in [5.41, 5.74) is -1.39. The van der Waals surface area contributed by atoms with E-state index in [2.05, 4.69) is 0 Å². The van der Waals surface area contributed by atoms with Crippen molar-refractivity contribution < 1.29 is 13.5 Å². The van der Waals surface area contributed by atoms with E-state index in [1.54, 1.807) is 6.92 Å². The van der Waals surface area contributed by atoms with Gasteiger partial charge < -0.3 is 5.11 Å². The second kappa shape index (κ2) is 4.74. The number of rotatable bonds is 4. The van der Waals surface area contributed by atoms with Gasteiger partial charge >= 0.3 is 5.69 Å². The molecule has 0 fully saturated rings. The van der Waals surface area contributed by atoms with Crippen molar-refractivity contribution in [1.29, 1.82) is 0 Å². The summed E-state index contributed by atoms with van der Waals surface area (Å²) < 4.78 is 22.8. The average molecular weight is 262 g/mol. The highest BCUT2D eigenvalue weighted by Crippen LogP contribution is 2.10. The van der Waals surface area contributed by atoms with Crippen molar-refractivity contribution in [3.8, 4) is 5.88 Å². The molecule has 0 aromatic carbocycles. The second-order valence-corrected chi connectivity index (χ2v) is 5.96. The molecule has 1 heterocycles. The first-order valence-electron chi connectivity index (χ1n) is 4.99. The van der Waals surface area contributed by atoms with E-state index < -0.39 is 27.0 Å². The van der Waals surface area contributed by atoms with Gasteiger partial charge in [-0.25, -0.2) is 13.2 Å². The lowest BCUT2D eigenvalue weighted by atomic mass is 10.2. The van der Waals surface area contributed by atoms with Gasteiger partial charge in [0.2, 0.25) is 5.88 Å². The summed E-state index contributed by atoms with van der Waals surface area (Å²) >= 11 is 0. The number of hydrogen-bond acceptors (Lipinski definition) is 5. The van der Waals surface area contributed by atoms with E-state index in [0.29, 0.717) is 0 Å². The van der Waals surface area contributed by atoms with E-state index in [0.717, 1.165) is 10.8 Å². The third-order valence-electron chi connectivity index (χ3n) is 2.30. The smallest absolute Gasteiger partial charge is 0.331 e. The number of aromatic nitrogens is 2. The van der Waals surface area contributed by atoms with Crippen molar-refractivity contribution in [2.45, 2.75) is 19.9 Å². The molecule has 0 atom stereocenters. The highest BCUT2D eigenvalue weighted by atomic mass is 32.2. The van der Waals surface area contributed by atoms with Crippen molar-refractivity contribution in [3.63, 3.8) is 0 Å². The first-order valence-corrected chi connectivity index (χ1v) is 7.05. The van der Waals surface area contributed by atoms with Crippen LogP contribution in [0.5, 0.6) is 5.88 Å². The molecule has 0 bridgehead atoms. The third-order valence-corrected chi connectivity index (χ3v) is 3.23. The van der Waals surface area contributed by atoms with E-state index in [9.17, 15) is 23.1 Å². The first kappa shape index (κ1) is 13.5. The third kappa shape index (κ3) is 3.19. The molecular weight excluding hydrogens is 248 g/mol. The average Bonchev–Trinajstić information content (AvgIpc) is 2.15. The number of sulfone groups is 1. The fourth-order valence-corrected chi connectivity index (χ4v) is 1.90. The Bertz CT molecular complexity index is 626. The number of aromatic hydroxyl groups is 1. The van der Waals surface area contributed by atoms with Crippen molar-refractivity contribution in [2.75, 3.05) is 12.0 Å². The van der Waals surface area contributed by atoms with E-state index >= 15 is 0 Å². The van der Waals surface area contributed by atoms with Crippen molar-refractivity contribution in [2.24, 2.45) is 0 Å². The lowest BCUT2D eigenvalue weighted by molar-refractivity contribution is 0.398. The van der Waals surface area contributed by atoms with Crippen LogP contribution in [0.3, 0.4) is 0 Å². The number of H-pyrrole nitrogens is 1.